The monoisotopic (exact) mass is 274 g/mol. The average molecular weight is 275 g/mol. The van der Waals surface area contributed by atoms with Gasteiger partial charge in [-0.25, -0.2) is 0 Å². The molecule has 3 heteroatoms. The predicted octanol–water partition coefficient (Wildman–Crippen LogP) is 3.80. The van der Waals surface area contributed by atoms with Crippen molar-refractivity contribution in [3.8, 4) is 0 Å². The van der Waals surface area contributed by atoms with E-state index in [4.69, 9.17) is 0 Å². The zero-order valence-corrected chi connectivity index (χ0v) is 10.7. The van der Waals surface area contributed by atoms with E-state index >= 15 is 0 Å². The lowest BCUT2D eigenvalue weighted by atomic mass is 10.2. The van der Waals surface area contributed by atoms with E-state index in [9.17, 15) is 0 Å². The molecule has 0 amide bonds. The Bertz CT molecular complexity index is 698. The second-order valence-electron chi connectivity index (χ2n) is 4.01. The van der Waals surface area contributed by atoms with Crippen LogP contribution in [0, 0.1) is 6.92 Å². The molecule has 0 radical (unpaired) electrons. The number of aryl methyl sites for hydroxylation is 2. The van der Waals surface area contributed by atoms with Crippen LogP contribution in [-0.4, -0.2) is 9.55 Å². The molecule has 0 fully saturated rings. The van der Waals surface area contributed by atoms with E-state index in [0.29, 0.717) is 0 Å². The van der Waals surface area contributed by atoms with Crippen molar-refractivity contribution in [3.63, 3.8) is 0 Å². The van der Waals surface area contributed by atoms with Crippen LogP contribution < -0.4 is 0 Å². The molecule has 2 nitrogen and oxygen atoms in total. The summed E-state index contributed by atoms with van der Waals surface area (Å²) < 4.78 is 3.32. The largest absolute Gasteiger partial charge is 0.342 e. The van der Waals surface area contributed by atoms with Crippen LogP contribution in [0.15, 0.2) is 34.9 Å². The number of aromatic nitrogens is 2. The highest BCUT2D eigenvalue weighted by molar-refractivity contribution is 9.10. The topological polar surface area (TPSA) is 17.8 Å². The third-order valence-electron chi connectivity index (χ3n) is 3.05. The molecular weight excluding hydrogens is 264 g/mol. The molecule has 0 unspecified atom stereocenters. The van der Waals surface area contributed by atoms with Gasteiger partial charge in [-0.2, -0.15) is 0 Å². The Kier molecular flexibility index (Phi) is 2.04. The van der Waals surface area contributed by atoms with Gasteiger partial charge in [-0.15, -0.1) is 0 Å². The maximum atomic E-state index is 4.35. The predicted molar refractivity (Wildman–Crippen MR) is 70.7 cm³/mol. The molecule has 0 N–H and O–H groups in total. The van der Waals surface area contributed by atoms with Crippen molar-refractivity contribution in [2.24, 2.45) is 7.05 Å². The van der Waals surface area contributed by atoms with Gasteiger partial charge in [0.25, 0.3) is 0 Å². The standard InChI is InChI=1S/C13H11BrN2/c1-8-13-10(5-6-15-8)11-7-9(14)3-4-12(11)16(13)2/h3-7H,1-2H3. The summed E-state index contributed by atoms with van der Waals surface area (Å²) in [4.78, 5) is 4.35. The Morgan fingerprint density at radius 2 is 2.00 bits per heavy atom. The van der Waals surface area contributed by atoms with Gasteiger partial charge < -0.3 is 4.57 Å². The summed E-state index contributed by atoms with van der Waals surface area (Å²) in [6.45, 7) is 2.05. The average Bonchev–Trinajstić information content (AvgIpc) is 2.54. The van der Waals surface area contributed by atoms with Crippen molar-refractivity contribution in [2.45, 2.75) is 6.92 Å². The van der Waals surface area contributed by atoms with E-state index in [1.54, 1.807) is 0 Å². The summed E-state index contributed by atoms with van der Waals surface area (Å²) in [6.07, 6.45) is 1.87. The Morgan fingerprint density at radius 1 is 1.19 bits per heavy atom. The van der Waals surface area contributed by atoms with Gasteiger partial charge in [-0.1, -0.05) is 15.9 Å². The van der Waals surface area contributed by atoms with Crippen LogP contribution in [0.4, 0.5) is 0 Å². The maximum Gasteiger partial charge on any atom is 0.0704 e. The van der Waals surface area contributed by atoms with Crippen LogP contribution in [-0.2, 0) is 7.05 Å². The molecule has 3 rings (SSSR count). The fraction of sp³-hybridized carbons (Fsp3) is 0.154. The molecular formula is C13H11BrN2. The van der Waals surface area contributed by atoms with Crippen LogP contribution in [0.3, 0.4) is 0 Å². The minimum absolute atomic E-state index is 1.08. The normalized spacial score (nSPS) is 11.4. The minimum Gasteiger partial charge on any atom is -0.342 e. The van der Waals surface area contributed by atoms with E-state index in [0.717, 1.165) is 10.2 Å². The Labute approximate surface area is 102 Å². The molecule has 3 aromatic rings. The zero-order chi connectivity index (χ0) is 11.3. The molecule has 0 aliphatic rings. The Balaban J connectivity index is 2.65. The number of hydrogen-bond acceptors (Lipinski definition) is 1. The number of pyridine rings is 1. The summed E-state index contributed by atoms with van der Waals surface area (Å²) in [5.74, 6) is 0. The van der Waals surface area contributed by atoms with Gasteiger partial charge in [0, 0.05) is 34.0 Å². The highest BCUT2D eigenvalue weighted by Crippen LogP contribution is 2.30. The van der Waals surface area contributed by atoms with Gasteiger partial charge in [-0.05, 0) is 31.2 Å². The molecule has 0 bridgehead atoms. The molecule has 0 atom stereocenters. The first-order valence-corrected chi connectivity index (χ1v) is 5.97. The van der Waals surface area contributed by atoms with E-state index in [1.165, 1.54) is 21.8 Å². The highest BCUT2D eigenvalue weighted by atomic mass is 79.9. The number of nitrogens with zero attached hydrogens (tertiary/aromatic N) is 2. The van der Waals surface area contributed by atoms with Crippen LogP contribution in [0.25, 0.3) is 21.8 Å². The Morgan fingerprint density at radius 3 is 2.81 bits per heavy atom. The van der Waals surface area contributed by atoms with Gasteiger partial charge in [0.05, 0.1) is 11.2 Å². The molecule has 0 saturated heterocycles. The zero-order valence-electron chi connectivity index (χ0n) is 9.16. The van der Waals surface area contributed by atoms with Gasteiger partial charge in [-0.3, -0.25) is 4.98 Å². The molecule has 0 aliphatic carbocycles. The van der Waals surface area contributed by atoms with Gasteiger partial charge in [0.2, 0.25) is 0 Å². The fourth-order valence-corrected chi connectivity index (χ4v) is 2.70. The molecule has 2 aromatic heterocycles. The van der Waals surface area contributed by atoms with Crippen molar-refractivity contribution in [1.29, 1.82) is 0 Å². The van der Waals surface area contributed by atoms with Crippen molar-refractivity contribution >= 4 is 37.7 Å². The lowest BCUT2D eigenvalue weighted by molar-refractivity contribution is 0.997. The molecule has 80 valence electrons. The van der Waals surface area contributed by atoms with Crippen LogP contribution in [0.5, 0.6) is 0 Å². The first-order valence-electron chi connectivity index (χ1n) is 5.18. The summed E-state index contributed by atoms with van der Waals surface area (Å²) >= 11 is 3.52. The van der Waals surface area contributed by atoms with Crippen LogP contribution in [0.1, 0.15) is 5.69 Å². The summed E-state index contributed by atoms with van der Waals surface area (Å²) in [5.41, 5.74) is 3.54. The quantitative estimate of drug-likeness (QED) is 0.610. The third-order valence-corrected chi connectivity index (χ3v) is 3.55. The van der Waals surface area contributed by atoms with Crippen molar-refractivity contribution < 1.29 is 0 Å². The van der Waals surface area contributed by atoms with E-state index in [-0.39, 0.29) is 0 Å². The Hall–Kier alpha value is -1.35. The van der Waals surface area contributed by atoms with Crippen molar-refractivity contribution in [3.05, 3.63) is 40.6 Å². The van der Waals surface area contributed by atoms with Gasteiger partial charge in [0.15, 0.2) is 0 Å². The number of halogens is 1. The van der Waals surface area contributed by atoms with Crippen LogP contribution >= 0.6 is 15.9 Å². The lowest BCUT2D eigenvalue weighted by Gasteiger charge is -1.99. The molecule has 1 aromatic carbocycles. The molecule has 0 spiro atoms. The van der Waals surface area contributed by atoms with Gasteiger partial charge >= 0.3 is 0 Å². The van der Waals surface area contributed by atoms with Gasteiger partial charge in [0.1, 0.15) is 0 Å². The fourth-order valence-electron chi connectivity index (χ4n) is 2.34. The minimum atomic E-state index is 1.08. The summed E-state index contributed by atoms with van der Waals surface area (Å²) in [7, 11) is 2.09. The maximum absolute atomic E-state index is 4.35. The summed E-state index contributed by atoms with van der Waals surface area (Å²) in [6, 6.07) is 8.46. The smallest absolute Gasteiger partial charge is 0.0704 e. The number of rotatable bonds is 0. The number of hydrogen-bond donors (Lipinski definition) is 0. The van der Waals surface area contributed by atoms with Crippen LogP contribution in [0.2, 0.25) is 0 Å². The first-order chi connectivity index (χ1) is 7.68. The van der Waals surface area contributed by atoms with E-state index < -0.39 is 0 Å². The number of benzene rings is 1. The third kappa shape index (κ3) is 1.21. The highest BCUT2D eigenvalue weighted by Gasteiger charge is 2.10. The second-order valence-corrected chi connectivity index (χ2v) is 4.93. The SMILES string of the molecule is Cc1nccc2c3cc(Br)ccc3n(C)c12. The molecule has 16 heavy (non-hydrogen) atoms. The molecule has 2 heterocycles. The molecule has 0 aliphatic heterocycles. The second kappa shape index (κ2) is 3.32. The lowest BCUT2D eigenvalue weighted by Crippen LogP contribution is -1.90. The van der Waals surface area contributed by atoms with Crippen molar-refractivity contribution in [2.75, 3.05) is 0 Å². The number of fused-ring (bicyclic) bond motifs is 3. The van der Waals surface area contributed by atoms with E-state index in [1.807, 2.05) is 6.20 Å². The van der Waals surface area contributed by atoms with Crippen molar-refractivity contribution in [1.82, 2.24) is 9.55 Å². The summed E-state index contributed by atoms with van der Waals surface area (Å²) in [5, 5.41) is 2.55. The molecule has 0 saturated carbocycles. The first kappa shape index (κ1) is 9.85. The van der Waals surface area contributed by atoms with E-state index in [2.05, 4.69) is 63.7 Å².